The Morgan fingerprint density at radius 2 is 2.17 bits per heavy atom. The molecule has 3 aromatic heterocycles. The van der Waals surface area contributed by atoms with Crippen molar-refractivity contribution in [2.75, 3.05) is 32.1 Å². The summed E-state index contributed by atoms with van der Waals surface area (Å²) >= 11 is 7.24. The third-order valence-corrected chi connectivity index (χ3v) is 7.00. The Hall–Kier alpha value is -3.14. The molecule has 2 N–H and O–H groups in total. The Kier molecular flexibility index (Phi) is 6.64. The molecule has 10 heteroatoms. The maximum absolute atomic E-state index is 14.0. The van der Waals surface area contributed by atoms with Crippen LogP contribution in [-0.4, -0.2) is 57.4 Å². The number of morpholine rings is 1. The molecule has 1 aliphatic heterocycles. The van der Waals surface area contributed by atoms with Gasteiger partial charge in [-0.05, 0) is 19.4 Å². The Balaban J connectivity index is 1.63. The van der Waals surface area contributed by atoms with Crippen LogP contribution < -0.4 is 16.2 Å². The molecule has 0 bridgehead atoms. The van der Waals surface area contributed by atoms with Gasteiger partial charge < -0.3 is 15.4 Å². The fourth-order valence-electron chi connectivity index (χ4n) is 4.65. The molecule has 3 unspecified atom stereocenters. The first-order valence-electron chi connectivity index (χ1n) is 11.7. The molecule has 9 nitrogen and oxygen atoms in total. The van der Waals surface area contributed by atoms with Crippen molar-refractivity contribution in [2.45, 2.75) is 36.8 Å². The summed E-state index contributed by atoms with van der Waals surface area (Å²) in [4.78, 5) is 30.9. The number of pyridine rings is 1. The lowest BCUT2D eigenvalue weighted by atomic mass is 9.80. The van der Waals surface area contributed by atoms with Crippen molar-refractivity contribution in [3.63, 3.8) is 0 Å². The summed E-state index contributed by atoms with van der Waals surface area (Å²) in [6, 6.07) is 1.85. The molecule has 3 aromatic rings. The highest BCUT2D eigenvalue weighted by molar-refractivity contribution is 6.26. The lowest BCUT2D eigenvalue weighted by molar-refractivity contribution is 0.0211. The molecule has 1 fully saturated rings. The number of nitrogens with zero attached hydrogens (tertiary/aromatic N) is 5. The maximum Gasteiger partial charge on any atom is 0.256 e. The van der Waals surface area contributed by atoms with Crippen LogP contribution in [0.4, 0.5) is 5.95 Å². The van der Waals surface area contributed by atoms with Crippen molar-refractivity contribution in [3.05, 3.63) is 76.3 Å². The number of halogens is 1. The third kappa shape index (κ3) is 4.59. The predicted molar refractivity (Wildman–Crippen MR) is 136 cm³/mol. The fraction of sp³-hybridized carbons (Fsp3) is 0.400. The molecule has 182 valence electrons. The van der Waals surface area contributed by atoms with E-state index in [0.29, 0.717) is 42.4 Å². The smallest absolute Gasteiger partial charge is 0.256 e. The number of allylic oxidation sites excluding steroid dienone is 4. The van der Waals surface area contributed by atoms with Crippen LogP contribution in [0.15, 0.2) is 53.8 Å². The lowest BCUT2D eigenvalue weighted by Crippen LogP contribution is -2.40. The van der Waals surface area contributed by atoms with E-state index in [-0.39, 0.29) is 11.7 Å². The molecule has 0 radical (unpaired) electrons. The number of anilines is 1. The van der Waals surface area contributed by atoms with E-state index >= 15 is 0 Å². The van der Waals surface area contributed by atoms with Crippen LogP contribution >= 0.6 is 11.6 Å². The van der Waals surface area contributed by atoms with Crippen molar-refractivity contribution in [2.24, 2.45) is 0 Å². The molecule has 4 heterocycles. The standard InChI is InChI=1S/C25H28ClN7O2/c1-16-12-29-15-21(31-16)25(26)7-4-3-5-20(25)19-11-17-13-30-24(27-2)32-22(17)33(23(19)34)9-6-18-14-28-8-10-35-18/h3-5,7,11-13,15,18,20,28H,6,8-10,14H2,1-2H3,(H,27,30,32). The molecule has 0 saturated carbocycles. The number of rotatable bonds is 6. The molecule has 1 saturated heterocycles. The van der Waals surface area contributed by atoms with E-state index in [1.54, 1.807) is 30.2 Å². The minimum absolute atomic E-state index is 0.0344. The Morgan fingerprint density at radius 1 is 1.29 bits per heavy atom. The second kappa shape index (κ2) is 9.85. The first kappa shape index (κ1) is 23.6. The molecule has 0 spiro atoms. The third-order valence-electron chi connectivity index (χ3n) is 6.45. The highest BCUT2D eigenvalue weighted by Crippen LogP contribution is 2.45. The Bertz CT molecular complexity index is 1350. The van der Waals surface area contributed by atoms with Gasteiger partial charge in [0.1, 0.15) is 10.5 Å². The van der Waals surface area contributed by atoms with Crippen molar-refractivity contribution < 1.29 is 4.74 Å². The van der Waals surface area contributed by atoms with E-state index in [9.17, 15) is 4.79 Å². The molecule has 5 rings (SSSR count). The predicted octanol–water partition coefficient (Wildman–Crippen LogP) is 2.65. The zero-order valence-corrected chi connectivity index (χ0v) is 20.5. The van der Waals surface area contributed by atoms with Crippen molar-refractivity contribution in [1.29, 1.82) is 0 Å². The van der Waals surface area contributed by atoms with Crippen LogP contribution in [-0.2, 0) is 16.2 Å². The van der Waals surface area contributed by atoms with Crippen LogP contribution in [0.1, 0.15) is 29.3 Å². The molecule has 0 amide bonds. The van der Waals surface area contributed by atoms with Gasteiger partial charge in [-0.2, -0.15) is 4.98 Å². The number of nitrogens with one attached hydrogen (secondary N) is 2. The summed E-state index contributed by atoms with van der Waals surface area (Å²) in [7, 11) is 1.75. The maximum atomic E-state index is 14.0. The summed E-state index contributed by atoms with van der Waals surface area (Å²) in [6.07, 6.45) is 13.4. The fourth-order valence-corrected chi connectivity index (χ4v) is 5.00. The van der Waals surface area contributed by atoms with Gasteiger partial charge in [-0.3, -0.25) is 19.3 Å². The SMILES string of the molecule is CNc1ncc2cc(C3C=CC=CC3(Cl)c3cncc(C)n3)c(=O)n(CCC3CNCCO3)c2n1. The largest absolute Gasteiger partial charge is 0.376 e. The highest BCUT2D eigenvalue weighted by atomic mass is 35.5. The number of alkyl halides is 1. The van der Waals surface area contributed by atoms with Gasteiger partial charge in [-0.25, -0.2) is 4.98 Å². The highest BCUT2D eigenvalue weighted by Gasteiger charge is 2.40. The van der Waals surface area contributed by atoms with E-state index in [0.717, 1.165) is 24.2 Å². The molecule has 35 heavy (non-hydrogen) atoms. The van der Waals surface area contributed by atoms with Gasteiger partial charge in [0, 0.05) is 55.9 Å². The molecular formula is C25H28ClN7O2. The first-order valence-corrected chi connectivity index (χ1v) is 12.1. The second-order valence-corrected chi connectivity index (χ2v) is 9.43. The van der Waals surface area contributed by atoms with Crippen molar-refractivity contribution in [1.82, 2.24) is 29.8 Å². The Morgan fingerprint density at radius 3 is 2.94 bits per heavy atom. The van der Waals surface area contributed by atoms with Gasteiger partial charge in [0.05, 0.1) is 30.3 Å². The average Bonchev–Trinajstić information content (AvgIpc) is 2.88. The molecular weight excluding hydrogens is 466 g/mol. The minimum Gasteiger partial charge on any atom is -0.376 e. The first-order chi connectivity index (χ1) is 17.0. The van der Waals surface area contributed by atoms with Crippen molar-refractivity contribution >= 4 is 28.6 Å². The van der Waals surface area contributed by atoms with E-state index in [1.807, 2.05) is 37.3 Å². The minimum atomic E-state index is -1.05. The quantitative estimate of drug-likeness (QED) is 0.505. The summed E-state index contributed by atoms with van der Waals surface area (Å²) in [5.41, 5.74) is 2.35. The van der Waals surface area contributed by atoms with Crippen LogP contribution in [0.3, 0.4) is 0 Å². The van der Waals surface area contributed by atoms with Gasteiger partial charge in [-0.15, -0.1) is 11.6 Å². The van der Waals surface area contributed by atoms with E-state index in [4.69, 9.17) is 16.3 Å². The van der Waals surface area contributed by atoms with E-state index in [2.05, 4.69) is 30.6 Å². The normalized spacial score (nSPS) is 24.1. The number of hydrogen-bond acceptors (Lipinski definition) is 8. The van der Waals surface area contributed by atoms with Crippen LogP contribution in [0.2, 0.25) is 0 Å². The Labute approximate surface area is 208 Å². The zero-order valence-electron chi connectivity index (χ0n) is 19.7. The van der Waals surface area contributed by atoms with Gasteiger partial charge in [0.2, 0.25) is 5.95 Å². The number of fused-ring (bicyclic) bond motifs is 1. The summed E-state index contributed by atoms with van der Waals surface area (Å²) in [5.74, 6) is 0.00111. The molecule has 2 aliphatic rings. The van der Waals surface area contributed by atoms with E-state index < -0.39 is 10.8 Å². The number of aromatic nitrogens is 5. The second-order valence-electron chi connectivity index (χ2n) is 8.80. The van der Waals surface area contributed by atoms with Crippen LogP contribution in [0, 0.1) is 6.92 Å². The molecule has 1 aliphatic carbocycles. The zero-order chi connectivity index (χ0) is 24.4. The molecule has 3 atom stereocenters. The monoisotopic (exact) mass is 493 g/mol. The summed E-state index contributed by atoms with van der Waals surface area (Å²) in [5, 5.41) is 7.07. The topological polar surface area (TPSA) is 107 Å². The van der Waals surface area contributed by atoms with Crippen LogP contribution in [0.25, 0.3) is 11.0 Å². The number of aryl methyl sites for hydroxylation is 2. The van der Waals surface area contributed by atoms with E-state index in [1.165, 1.54) is 0 Å². The van der Waals surface area contributed by atoms with Crippen molar-refractivity contribution in [3.8, 4) is 0 Å². The van der Waals surface area contributed by atoms with Gasteiger partial charge in [-0.1, -0.05) is 24.3 Å². The summed E-state index contributed by atoms with van der Waals surface area (Å²) in [6.45, 7) is 4.60. The number of hydrogen-bond donors (Lipinski definition) is 2. The number of ether oxygens (including phenoxy) is 1. The van der Waals surface area contributed by atoms with Gasteiger partial charge in [0.25, 0.3) is 5.56 Å². The van der Waals surface area contributed by atoms with Gasteiger partial charge in [0.15, 0.2) is 0 Å². The van der Waals surface area contributed by atoms with Crippen LogP contribution in [0.5, 0.6) is 0 Å². The lowest BCUT2D eigenvalue weighted by Gasteiger charge is -2.32. The summed E-state index contributed by atoms with van der Waals surface area (Å²) < 4.78 is 7.58. The average molecular weight is 494 g/mol. The molecule has 0 aromatic carbocycles. The van der Waals surface area contributed by atoms with Gasteiger partial charge >= 0.3 is 0 Å².